The van der Waals surface area contributed by atoms with Crippen molar-refractivity contribution in [3.63, 3.8) is 0 Å². The quantitative estimate of drug-likeness (QED) is 0.838. The molecule has 0 saturated heterocycles. The van der Waals surface area contributed by atoms with Crippen LogP contribution in [0.25, 0.3) is 0 Å². The molecule has 1 rings (SSSR count). The van der Waals surface area contributed by atoms with Gasteiger partial charge in [-0.3, -0.25) is 4.79 Å². The van der Waals surface area contributed by atoms with Gasteiger partial charge in [0.2, 0.25) is 0 Å². The van der Waals surface area contributed by atoms with E-state index in [4.69, 9.17) is 9.84 Å². The van der Waals surface area contributed by atoms with Crippen molar-refractivity contribution in [2.45, 2.75) is 26.4 Å². The van der Waals surface area contributed by atoms with Crippen LogP contribution in [0, 0.1) is 0 Å². The van der Waals surface area contributed by atoms with Gasteiger partial charge in [-0.2, -0.15) is 0 Å². The monoisotopic (exact) mass is 280 g/mol. The minimum absolute atomic E-state index is 0.0548. The normalized spacial score (nSPS) is 10.2. The summed E-state index contributed by atoms with van der Waals surface area (Å²) in [7, 11) is 1.55. The van der Waals surface area contributed by atoms with E-state index in [0.29, 0.717) is 11.4 Å². The number of nitrogens with one attached hydrogen (secondary N) is 1. The molecule has 1 aromatic carbocycles. The second kappa shape index (κ2) is 7.37. The smallest absolute Gasteiger partial charge is 0.321 e. The molecular weight excluding hydrogens is 260 g/mol. The number of hydrogen-bond acceptors (Lipinski definition) is 3. The summed E-state index contributed by atoms with van der Waals surface area (Å²) >= 11 is 0. The molecule has 0 unspecified atom stereocenters. The maximum atomic E-state index is 11.8. The molecule has 20 heavy (non-hydrogen) atoms. The number of amides is 2. The van der Waals surface area contributed by atoms with E-state index in [1.54, 1.807) is 25.2 Å². The number of carboxylic acids is 1. The number of nitrogens with zero attached hydrogens (tertiary/aromatic N) is 1. The lowest BCUT2D eigenvalue weighted by atomic mass is 10.3. The summed E-state index contributed by atoms with van der Waals surface area (Å²) in [4.78, 5) is 23.6. The summed E-state index contributed by atoms with van der Waals surface area (Å²) in [5, 5.41) is 11.3. The predicted molar refractivity (Wildman–Crippen MR) is 76.1 cm³/mol. The Balaban J connectivity index is 2.58. The summed E-state index contributed by atoms with van der Waals surface area (Å²) in [6.45, 7) is 4.00. The topological polar surface area (TPSA) is 78.9 Å². The number of urea groups is 1. The molecule has 0 atom stereocenters. The third-order valence-corrected chi connectivity index (χ3v) is 2.46. The predicted octanol–water partition coefficient (Wildman–Crippen LogP) is 2.41. The van der Waals surface area contributed by atoms with E-state index in [-0.39, 0.29) is 25.1 Å². The van der Waals surface area contributed by atoms with Crippen LogP contribution < -0.4 is 10.1 Å². The zero-order chi connectivity index (χ0) is 15.1. The van der Waals surface area contributed by atoms with Gasteiger partial charge in [0.05, 0.1) is 12.5 Å². The zero-order valence-electron chi connectivity index (χ0n) is 11.9. The molecule has 0 aliphatic rings. The Morgan fingerprint density at radius 3 is 2.70 bits per heavy atom. The lowest BCUT2D eigenvalue weighted by Gasteiger charge is -2.17. The molecule has 0 aliphatic carbocycles. The summed E-state index contributed by atoms with van der Waals surface area (Å²) in [5.74, 6) is -0.261. The van der Waals surface area contributed by atoms with E-state index >= 15 is 0 Å². The summed E-state index contributed by atoms with van der Waals surface area (Å²) < 4.78 is 5.53. The first-order valence-electron chi connectivity index (χ1n) is 6.39. The van der Waals surface area contributed by atoms with E-state index in [9.17, 15) is 9.59 Å². The fourth-order valence-electron chi connectivity index (χ4n) is 1.50. The Hall–Kier alpha value is -2.24. The van der Waals surface area contributed by atoms with Crippen LogP contribution >= 0.6 is 0 Å². The third-order valence-electron chi connectivity index (χ3n) is 2.46. The van der Waals surface area contributed by atoms with Gasteiger partial charge in [0.25, 0.3) is 0 Å². The number of rotatable bonds is 6. The first-order chi connectivity index (χ1) is 9.38. The first kappa shape index (κ1) is 15.8. The Morgan fingerprint density at radius 1 is 1.40 bits per heavy atom. The molecule has 2 amide bonds. The maximum absolute atomic E-state index is 11.8. The van der Waals surface area contributed by atoms with Gasteiger partial charge in [-0.05, 0) is 26.0 Å². The number of aliphatic carboxylic acids is 1. The second-order valence-electron chi connectivity index (χ2n) is 4.69. The van der Waals surface area contributed by atoms with Crippen LogP contribution in [-0.2, 0) is 4.79 Å². The highest BCUT2D eigenvalue weighted by molar-refractivity contribution is 5.89. The highest BCUT2D eigenvalue weighted by Gasteiger charge is 2.10. The van der Waals surface area contributed by atoms with Crippen LogP contribution in [0.1, 0.15) is 20.3 Å². The highest BCUT2D eigenvalue weighted by Crippen LogP contribution is 2.18. The lowest BCUT2D eigenvalue weighted by molar-refractivity contribution is -0.137. The van der Waals surface area contributed by atoms with Gasteiger partial charge >= 0.3 is 12.0 Å². The van der Waals surface area contributed by atoms with Crippen LogP contribution in [0.15, 0.2) is 24.3 Å². The molecule has 0 fully saturated rings. The van der Waals surface area contributed by atoms with Crippen molar-refractivity contribution in [2.75, 3.05) is 18.9 Å². The molecule has 6 heteroatoms. The summed E-state index contributed by atoms with van der Waals surface area (Å²) in [5.41, 5.74) is 0.607. The Morgan fingerprint density at radius 2 is 2.10 bits per heavy atom. The molecule has 0 spiro atoms. The molecule has 0 radical (unpaired) electrons. The number of benzene rings is 1. The number of carbonyl (C=O) groups is 2. The highest BCUT2D eigenvalue weighted by atomic mass is 16.5. The molecule has 0 aromatic heterocycles. The third kappa shape index (κ3) is 5.60. The van der Waals surface area contributed by atoms with Gasteiger partial charge in [-0.1, -0.05) is 6.07 Å². The minimum atomic E-state index is -0.933. The summed E-state index contributed by atoms with van der Waals surface area (Å²) in [6.07, 6.45) is -0.0281. The van der Waals surface area contributed by atoms with E-state index in [2.05, 4.69) is 5.32 Å². The van der Waals surface area contributed by atoms with Gasteiger partial charge in [0.15, 0.2) is 0 Å². The van der Waals surface area contributed by atoms with Crippen LogP contribution in [0.4, 0.5) is 10.5 Å². The molecular formula is C14H20N2O4. The zero-order valence-corrected chi connectivity index (χ0v) is 11.9. The number of carbonyl (C=O) groups excluding carboxylic acids is 1. The molecule has 0 aliphatic heterocycles. The van der Waals surface area contributed by atoms with Crippen LogP contribution in [0.5, 0.6) is 5.75 Å². The van der Waals surface area contributed by atoms with Crippen molar-refractivity contribution in [3.8, 4) is 5.75 Å². The largest absolute Gasteiger partial charge is 0.491 e. The van der Waals surface area contributed by atoms with Gasteiger partial charge in [0.1, 0.15) is 5.75 Å². The van der Waals surface area contributed by atoms with E-state index in [1.807, 2.05) is 19.9 Å². The Labute approximate surface area is 118 Å². The molecule has 0 bridgehead atoms. The van der Waals surface area contributed by atoms with Gasteiger partial charge in [0, 0.05) is 25.3 Å². The Kier molecular flexibility index (Phi) is 5.83. The molecule has 110 valence electrons. The molecule has 1 aromatic rings. The van der Waals surface area contributed by atoms with Gasteiger partial charge in [-0.25, -0.2) is 4.79 Å². The standard InChI is InChI=1S/C14H20N2O4/c1-10(2)20-12-6-4-5-11(9-12)15-14(19)16(3)8-7-13(17)18/h4-6,9-10H,7-8H2,1-3H3,(H,15,19)(H,17,18). The number of carboxylic acid groups (broad SMARTS) is 1. The van der Waals surface area contributed by atoms with Crippen LogP contribution in [0.3, 0.4) is 0 Å². The van der Waals surface area contributed by atoms with Crippen molar-refractivity contribution in [2.24, 2.45) is 0 Å². The minimum Gasteiger partial charge on any atom is -0.491 e. The van der Waals surface area contributed by atoms with Crippen molar-refractivity contribution >= 4 is 17.7 Å². The van der Waals surface area contributed by atoms with Crippen LogP contribution in [0.2, 0.25) is 0 Å². The fourth-order valence-corrected chi connectivity index (χ4v) is 1.50. The van der Waals surface area contributed by atoms with Crippen molar-refractivity contribution in [1.29, 1.82) is 0 Å². The average Bonchev–Trinajstić information content (AvgIpc) is 2.35. The molecule has 2 N–H and O–H groups in total. The van der Waals surface area contributed by atoms with E-state index in [1.165, 1.54) is 4.90 Å². The van der Waals surface area contributed by atoms with Crippen molar-refractivity contribution < 1.29 is 19.4 Å². The number of hydrogen-bond donors (Lipinski definition) is 2. The second-order valence-corrected chi connectivity index (χ2v) is 4.69. The van der Waals surface area contributed by atoms with E-state index < -0.39 is 5.97 Å². The SMILES string of the molecule is CC(C)Oc1cccc(NC(=O)N(C)CCC(=O)O)c1. The molecule has 0 heterocycles. The van der Waals surface area contributed by atoms with Crippen molar-refractivity contribution in [3.05, 3.63) is 24.3 Å². The van der Waals surface area contributed by atoms with Crippen LogP contribution in [-0.4, -0.2) is 41.7 Å². The van der Waals surface area contributed by atoms with Gasteiger partial charge < -0.3 is 20.1 Å². The fraction of sp³-hybridized carbons (Fsp3) is 0.429. The van der Waals surface area contributed by atoms with E-state index in [0.717, 1.165) is 0 Å². The van der Waals surface area contributed by atoms with Crippen molar-refractivity contribution in [1.82, 2.24) is 4.90 Å². The molecule has 0 saturated carbocycles. The summed E-state index contributed by atoms with van der Waals surface area (Å²) in [6, 6.07) is 6.71. The first-order valence-corrected chi connectivity index (χ1v) is 6.39. The number of anilines is 1. The molecule has 6 nitrogen and oxygen atoms in total. The maximum Gasteiger partial charge on any atom is 0.321 e. The average molecular weight is 280 g/mol. The number of ether oxygens (including phenoxy) is 1. The lowest BCUT2D eigenvalue weighted by Crippen LogP contribution is -2.33. The Bertz CT molecular complexity index is 474. The van der Waals surface area contributed by atoms with Gasteiger partial charge in [-0.15, -0.1) is 0 Å².